The van der Waals surface area contributed by atoms with Gasteiger partial charge in [0, 0.05) is 29.9 Å². The van der Waals surface area contributed by atoms with Gasteiger partial charge in [0.25, 0.3) is 0 Å². The average molecular weight is 451 g/mol. The molecule has 0 aliphatic carbocycles. The van der Waals surface area contributed by atoms with Gasteiger partial charge in [-0.25, -0.2) is 9.36 Å². The maximum atomic E-state index is 13.0. The van der Waals surface area contributed by atoms with E-state index in [9.17, 15) is 4.79 Å². The first-order valence-electron chi connectivity index (χ1n) is 11.2. The van der Waals surface area contributed by atoms with Crippen molar-refractivity contribution in [3.05, 3.63) is 95.5 Å². The molecule has 0 radical (unpaired) electrons. The zero-order valence-corrected chi connectivity index (χ0v) is 18.6. The number of nitrogens with zero attached hydrogens (tertiary/aromatic N) is 7. The molecule has 0 fully saturated rings. The summed E-state index contributed by atoms with van der Waals surface area (Å²) in [7, 11) is 0. The van der Waals surface area contributed by atoms with Crippen LogP contribution in [0.15, 0.2) is 67.1 Å². The van der Waals surface area contributed by atoms with Crippen LogP contribution in [0.1, 0.15) is 34.4 Å². The summed E-state index contributed by atoms with van der Waals surface area (Å²) in [6.07, 6.45) is 6.23. The Kier molecular flexibility index (Phi) is 4.87. The van der Waals surface area contributed by atoms with Gasteiger partial charge < -0.3 is 5.32 Å². The predicted molar refractivity (Wildman–Crippen MR) is 125 cm³/mol. The normalized spacial score (nSPS) is 16.0. The number of rotatable bonds is 2. The summed E-state index contributed by atoms with van der Waals surface area (Å²) in [5.41, 5.74) is 6.00. The van der Waals surface area contributed by atoms with Crippen molar-refractivity contribution in [1.29, 1.82) is 0 Å². The van der Waals surface area contributed by atoms with Crippen LogP contribution in [0.4, 0.5) is 0 Å². The molecule has 1 atom stereocenters. The van der Waals surface area contributed by atoms with E-state index in [1.807, 2.05) is 72.5 Å². The first-order chi connectivity index (χ1) is 16.6. The quantitative estimate of drug-likeness (QED) is 0.444. The van der Waals surface area contributed by atoms with E-state index in [0.29, 0.717) is 18.7 Å². The number of hydrogen-bond donors (Lipinski definition) is 1. The molecule has 1 amide bonds. The molecule has 168 valence electrons. The standard InChI is InChI=1S/C25H22N8O/c1-16-9-21(7-8-26-16)33-25-18(13-27-33)10-19-12-24(34)29-22(17-5-3-2-4-6-17)11-20-14-32(31-30-20)15-23(25)28-19/h2-10,13-14,22H,11-12,15H2,1H3,(H,29,34). The molecule has 1 aliphatic heterocycles. The summed E-state index contributed by atoms with van der Waals surface area (Å²) in [5, 5.41) is 17.4. The molecule has 5 heterocycles. The van der Waals surface area contributed by atoms with Gasteiger partial charge in [-0.05, 0) is 30.7 Å². The highest BCUT2D eigenvalue weighted by Gasteiger charge is 2.21. The second-order valence-corrected chi connectivity index (χ2v) is 8.53. The van der Waals surface area contributed by atoms with Gasteiger partial charge >= 0.3 is 0 Å². The van der Waals surface area contributed by atoms with Crippen molar-refractivity contribution in [3.8, 4) is 5.69 Å². The fraction of sp³-hybridized carbons (Fsp3) is 0.200. The van der Waals surface area contributed by atoms with Gasteiger partial charge in [0.05, 0.1) is 53.5 Å². The van der Waals surface area contributed by atoms with Gasteiger partial charge in [0.15, 0.2) is 0 Å². The Morgan fingerprint density at radius 1 is 1.09 bits per heavy atom. The number of pyridine rings is 2. The lowest BCUT2D eigenvalue weighted by molar-refractivity contribution is -0.121. The number of aryl methyl sites for hydroxylation is 1. The second kappa shape index (κ2) is 8.18. The van der Waals surface area contributed by atoms with E-state index in [4.69, 9.17) is 4.98 Å². The van der Waals surface area contributed by atoms with Gasteiger partial charge in [-0.2, -0.15) is 5.10 Å². The number of fused-ring (bicyclic) bond motifs is 6. The largest absolute Gasteiger partial charge is 0.349 e. The number of aromatic nitrogens is 7. The Morgan fingerprint density at radius 3 is 2.82 bits per heavy atom. The lowest BCUT2D eigenvalue weighted by Crippen LogP contribution is -2.31. The van der Waals surface area contributed by atoms with Crippen molar-refractivity contribution in [1.82, 2.24) is 40.1 Å². The Hall–Kier alpha value is -4.40. The molecule has 6 rings (SSSR count). The van der Waals surface area contributed by atoms with Crippen LogP contribution in [0.5, 0.6) is 0 Å². The predicted octanol–water partition coefficient (Wildman–Crippen LogP) is 2.72. The molecule has 1 aromatic carbocycles. The average Bonchev–Trinajstić information content (AvgIpc) is 3.45. The number of carbonyl (C=O) groups excluding carboxylic acids is 1. The fourth-order valence-electron chi connectivity index (χ4n) is 4.47. The Balaban J connectivity index is 1.45. The summed E-state index contributed by atoms with van der Waals surface area (Å²) in [4.78, 5) is 22.2. The molecular weight excluding hydrogens is 428 g/mol. The highest BCUT2D eigenvalue weighted by atomic mass is 16.1. The van der Waals surface area contributed by atoms with E-state index in [1.165, 1.54) is 0 Å². The van der Waals surface area contributed by atoms with Crippen LogP contribution < -0.4 is 5.32 Å². The lowest BCUT2D eigenvalue weighted by Gasteiger charge is -2.19. The van der Waals surface area contributed by atoms with Crippen molar-refractivity contribution < 1.29 is 4.79 Å². The van der Waals surface area contributed by atoms with E-state index in [2.05, 4.69) is 25.7 Å². The van der Waals surface area contributed by atoms with E-state index >= 15 is 0 Å². The van der Waals surface area contributed by atoms with Crippen LogP contribution in [0.2, 0.25) is 0 Å². The number of amides is 1. The summed E-state index contributed by atoms with van der Waals surface area (Å²) in [5.74, 6) is -0.0863. The maximum absolute atomic E-state index is 13.0. The highest BCUT2D eigenvalue weighted by molar-refractivity contribution is 5.85. The van der Waals surface area contributed by atoms with Crippen LogP contribution in [-0.2, 0) is 24.2 Å². The summed E-state index contributed by atoms with van der Waals surface area (Å²) in [6.45, 7) is 2.37. The van der Waals surface area contributed by atoms with Gasteiger partial charge in [-0.1, -0.05) is 35.5 Å². The van der Waals surface area contributed by atoms with Crippen molar-refractivity contribution >= 4 is 16.8 Å². The summed E-state index contributed by atoms with van der Waals surface area (Å²) < 4.78 is 3.66. The molecule has 34 heavy (non-hydrogen) atoms. The minimum Gasteiger partial charge on any atom is -0.349 e. The molecule has 1 aliphatic rings. The minimum absolute atomic E-state index is 0.0863. The maximum Gasteiger partial charge on any atom is 0.226 e. The molecule has 9 nitrogen and oxygen atoms in total. The number of nitrogens with one attached hydrogen (secondary N) is 1. The molecule has 4 aromatic heterocycles. The van der Waals surface area contributed by atoms with Crippen LogP contribution >= 0.6 is 0 Å². The molecule has 0 saturated carbocycles. The van der Waals surface area contributed by atoms with Crippen LogP contribution in [-0.4, -0.2) is 40.6 Å². The third kappa shape index (κ3) is 3.81. The van der Waals surface area contributed by atoms with E-state index < -0.39 is 0 Å². The zero-order valence-electron chi connectivity index (χ0n) is 18.6. The first-order valence-corrected chi connectivity index (χ1v) is 11.2. The van der Waals surface area contributed by atoms with Gasteiger partial charge in [0.2, 0.25) is 5.91 Å². The van der Waals surface area contributed by atoms with Gasteiger partial charge in [-0.15, -0.1) is 5.10 Å². The zero-order chi connectivity index (χ0) is 23.1. The Morgan fingerprint density at radius 2 is 1.97 bits per heavy atom. The summed E-state index contributed by atoms with van der Waals surface area (Å²) >= 11 is 0. The minimum atomic E-state index is -0.195. The summed E-state index contributed by atoms with van der Waals surface area (Å²) in [6, 6.07) is 15.6. The number of hydrogen-bond acceptors (Lipinski definition) is 6. The second-order valence-electron chi connectivity index (χ2n) is 8.53. The van der Waals surface area contributed by atoms with Gasteiger partial charge in [-0.3, -0.25) is 14.8 Å². The highest BCUT2D eigenvalue weighted by Crippen LogP contribution is 2.25. The van der Waals surface area contributed by atoms with Crippen LogP contribution in [0, 0.1) is 6.92 Å². The van der Waals surface area contributed by atoms with Crippen LogP contribution in [0.3, 0.4) is 0 Å². The topological polar surface area (TPSA) is 103 Å². The van der Waals surface area contributed by atoms with Gasteiger partial charge in [0.1, 0.15) is 0 Å². The molecule has 5 aromatic rings. The first kappa shape index (κ1) is 20.2. The van der Waals surface area contributed by atoms with Crippen molar-refractivity contribution in [2.24, 2.45) is 0 Å². The molecule has 9 heteroatoms. The fourth-order valence-corrected chi connectivity index (χ4v) is 4.47. The van der Waals surface area contributed by atoms with E-state index in [0.717, 1.165) is 39.2 Å². The molecule has 0 spiro atoms. The van der Waals surface area contributed by atoms with Crippen molar-refractivity contribution in [3.63, 3.8) is 0 Å². The third-order valence-electron chi connectivity index (χ3n) is 5.99. The van der Waals surface area contributed by atoms with E-state index in [-0.39, 0.29) is 18.4 Å². The number of carbonyl (C=O) groups is 1. The molecule has 1 unspecified atom stereocenters. The number of benzene rings is 1. The molecule has 4 bridgehead atoms. The van der Waals surface area contributed by atoms with Crippen molar-refractivity contribution in [2.45, 2.75) is 32.4 Å². The van der Waals surface area contributed by atoms with Crippen LogP contribution in [0.25, 0.3) is 16.6 Å². The Bertz CT molecular complexity index is 1500. The third-order valence-corrected chi connectivity index (χ3v) is 5.99. The smallest absolute Gasteiger partial charge is 0.226 e. The lowest BCUT2D eigenvalue weighted by atomic mass is 10.0. The molecule has 1 N–H and O–H groups in total. The van der Waals surface area contributed by atoms with E-state index in [1.54, 1.807) is 10.9 Å². The SMILES string of the molecule is Cc1cc(-n2ncc3cc4nc(c32)Cn2cc(nn2)CC(c2ccccc2)NC(=O)C4)ccn1. The Labute approximate surface area is 195 Å². The molecular formula is C25H22N8O. The monoisotopic (exact) mass is 450 g/mol. The van der Waals surface area contributed by atoms with Crippen molar-refractivity contribution in [2.75, 3.05) is 0 Å². The molecule has 0 saturated heterocycles.